The lowest BCUT2D eigenvalue weighted by molar-refractivity contribution is 0.0541. The zero-order valence-electron chi connectivity index (χ0n) is 11.2. The van der Waals surface area contributed by atoms with Gasteiger partial charge < -0.3 is 4.74 Å². The molecule has 1 amide bonds. The summed E-state index contributed by atoms with van der Waals surface area (Å²) in [6, 6.07) is 9.34. The molecule has 2 N–H and O–H groups in total. The van der Waals surface area contributed by atoms with Gasteiger partial charge in [0.25, 0.3) is 0 Å². The van der Waals surface area contributed by atoms with E-state index in [9.17, 15) is 4.79 Å². The highest BCUT2D eigenvalue weighted by Crippen LogP contribution is 2.07. The van der Waals surface area contributed by atoms with Crippen molar-refractivity contribution in [1.29, 1.82) is 0 Å². The molecule has 0 aromatic heterocycles. The number of hydrazine groups is 1. The van der Waals surface area contributed by atoms with Crippen LogP contribution in [-0.2, 0) is 4.74 Å². The van der Waals surface area contributed by atoms with Crippen LogP contribution in [0.1, 0.15) is 37.5 Å². The number of benzene rings is 1. The highest BCUT2D eigenvalue weighted by molar-refractivity contribution is 5.69. The van der Waals surface area contributed by atoms with Crippen molar-refractivity contribution in [3.63, 3.8) is 0 Å². The molecule has 1 rings (SSSR count). The summed E-state index contributed by atoms with van der Waals surface area (Å²) in [5.74, 6) is 0. The first kappa shape index (κ1) is 15.3. The van der Waals surface area contributed by atoms with Gasteiger partial charge in [-0.3, -0.25) is 5.43 Å². The highest BCUT2D eigenvalue weighted by Gasteiger charge is 2.15. The van der Waals surface area contributed by atoms with Gasteiger partial charge >= 0.3 is 6.09 Å². The van der Waals surface area contributed by atoms with Crippen molar-refractivity contribution in [1.82, 2.24) is 5.43 Å². The van der Waals surface area contributed by atoms with Crippen molar-refractivity contribution in [3.05, 3.63) is 30.3 Å². The van der Waals surface area contributed by atoms with Gasteiger partial charge in [-0.05, 0) is 32.9 Å². The molecule has 17 heavy (non-hydrogen) atoms. The number of ether oxygens (including phenoxy) is 1. The molecule has 0 aliphatic carbocycles. The van der Waals surface area contributed by atoms with Crippen molar-refractivity contribution in [3.8, 4) is 0 Å². The van der Waals surface area contributed by atoms with Crippen LogP contribution < -0.4 is 10.9 Å². The van der Waals surface area contributed by atoms with Gasteiger partial charge in [0.15, 0.2) is 0 Å². The van der Waals surface area contributed by atoms with Crippen LogP contribution >= 0.6 is 0 Å². The largest absolute Gasteiger partial charge is 0.443 e. The Kier molecular flexibility index (Phi) is 6.79. The van der Waals surface area contributed by atoms with E-state index in [-0.39, 0.29) is 2.85 Å². The monoisotopic (exact) mass is 242 g/mol. The highest BCUT2D eigenvalue weighted by atomic mass is 16.6. The third-order valence-corrected chi connectivity index (χ3v) is 1.48. The number of carbonyl (C=O) groups excluding carboxylic acids is 1. The topological polar surface area (TPSA) is 50.4 Å². The Balaban J connectivity index is -0.000000609. The van der Waals surface area contributed by atoms with Crippen LogP contribution in [-0.4, -0.2) is 11.7 Å². The Morgan fingerprint density at radius 2 is 1.71 bits per heavy atom. The molecule has 1 aromatic rings. The molecule has 0 aliphatic rings. The Labute approximate surface area is 106 Å². The Bertz CT molecular complexity index is 327. The molecule has 0 aliphatic heterocycles. The van der Waals surface area contributed by atoms with E-state index < -0.39 is 11.7 Å². The summed E-state index contributed by atoms with van der Waals surface area (Å²) in [4.78, 5) is 11.2. The van der Waals surface area contributed by atoms with Crippen LogP contribution in [0.2, 0.25) is 0 Å². The van der Waals surface area contributed by atoms with Gasteiger partial charge in [0.05, 0.1) is 5.69 Å². The fourth-order valence-electron chi connectivity index (χ4n) is 0.948. The standard InChI is InChI=1S/C11H16N2O2.C2H6.2H2/c1-11(2,3)15-10(14)13-12-9-7-5-4-6-8-9;1-2;;/h4-8,12H,1-3H3,(H,13,14);1-2H3;2*1H. The van der Waals surface area contributed by atoms with Crippen LogP contribution in [0.3, 0.4) is 0 Å². The maximum Gasteiger partial charge on any atom is 0.426 e. The van der Waals surface area contributed by atoms with Crippen molar-refractivity contribution in [2.24, 2.45) is 0 Å². The average molecular weight is 242 g/mol. The minimum absolute atomic E-state index is 0. The third kappa shape index (κ3) is 8.13. The molecular weight excluding hydrogens is 216 g/mol. The van der Waals surface area contributed by atoms with E-state index in [4.69, 9.17) is 4.74 Å². The van der Waals surface area contributed by atoms with Gasteiger partial charge in [0.1, 0.15) is 5.60 Å². The number of para-hydroxylation sites is 1. The molecule has 0 saturated heterocycles. The van der Waals surface area contributed by atoms with Crippen LogP contribution in [0.25, 0.3) is 0 Å². The Morgan fingerprint density at radius 1 is 1.18 bits per heavy atom. The van der Waals surface area contributed by atoms with E-state index >= 15 is 0 Å². The molecule has 4 heteroatoms. The number of rotatable bonds is 2. The molecule has 0 unspecified atom stereocenters. The normalized spacial score (nSPS) is 9.71. The summed E-state index contributed by atoms with van der Waals surface area (Å²) in [6.45, 7) is 9.44. The maximum absolute atomic E-state index is 11.2. The first-order chi connectivity index (χ1) is 7.97. The molecule has 0 fully saturated rings. The predicted molar refractivity (Wildman–Crippen MR) is 75.0 cm³/mol. The summed E-state index contributed by atoms with van der Waals surface area (Å²) >= 11 is 0. The average Bonchev–Trinajstić information content (AvgIpc) is 2.28. The zero-order valence-corrected chi connectivity index (χ0v) is 11.2. The lowest BCUT2D eigenvalue weighted by Gasteiger charge is -2.20. The number of amides is 1. The second-order valence-corrected chi connectivity index (χ2v) is 4.12. The SMILES string of the molecule is CC.CC(C)(C)OC(=O)NNc1ccccc1.[HH].[HH]. The molecule has 0 spiro atoms. The van der Waals surface area contributed by atoms with Crippen molar-refractivity contribution in [2.75, 3.05) is 5.43 Å². The summed E-state index contributed by atoms with van der Waals surface area (Å²) < 4.78 is 5.05. The summed E-state index contributed by atoms with van der Waals surface area (Å²) in [5.41, 5.74) is 5.51. The van der Waals surface area contributed by atoms with E-state index in [1.807, 2.05) is 65.0 Å². The van der Waals surface area contributed by atoms with E-state index in [0.29, 0.717) is 0 Å². The van der Waals surface area contributed by atoms with Crippen molar-refractivity contribution < 1.29 is 12.4 Å². The maximum atomic E-state index is 11.2. The quantitative estimate of drug-likeness (QED) is 0.769. The summed E-state index contributed by atoms with van der Waals surface area (Å²) in [5, 5.41) is 0. The van der Waals surface area contributed by atoms with Crippen LogP contribution in [0.5, 0.6) is 0 Å². The van der Waals surface area contributed by atoms with Crippen molar-refractivity contribution in [2.45, 2.75) is 40.2 Å². The lowest BCUT2D eigenvalue weighted by Crippen LogP contribution is -2.35. The number of hydrogen-bond acceptors (Lipinski definition) is 3. The van der Waals surface area contributed by atoms with Gasteiger partial charge in [-0.25, -0.2) is 10.2 Å². The number of hydrogen-bond donors (Lipinski definition) is 2. The minimum atomic E-state index is -0.494. The molecule has 4 nitrogen and oxygen atoms in total. The van der Waals surface area contributed by atoms with Gasteiger partial charge in [-0.1, -0.05) is 32.0 Å². The molecule has 0 bridgehead atoms. The molecular formula is C13H26N2O2. The first-order valence-corrected chi connectivity index (χ1v) is 5.77. The van der Waals surface area contributed by atoms with Gasteiger partial charge in [-0.2, -0.15) is 0 Å². The van der Waals surface area contributed by atoms with Gasteiger partial charge in [0, 0.05) is 2.85 Å². The Hall–Kier alpha value is -1.71. The third-order valence-electron chi connectivity index (χ3n) is 1.48. The molecule has 100 valence electrons. The summed E-state index contributed by atoms with van der Waals surface area (Å²) in [7, 11) is 0. The van der Waals surface area contributed by atoms with E-state index in [2.05, 4.69) is 10.9 Å². The van der Waals surface area contributed by atoms with Crippen LogP contribution in [0.15, 0.2) is 30.3 Å². The molecule has 1 aromatic carbocycles. The number of carbonyl (C=O) groups is 1. The fraction of sp³-hybridized carbons (Fsp3) is 0.462. The van der Waals surface area contributed by atoms with Crippen LogP contribution in [0, 0.1) is 0 Å². The number of nitrogens with one attached hydrogen (secondary N) is 2. The zero-order chi connectivity index (χ0) is 13.3. The van der Waals surface area contributed by atoms with E-state index in [1.165, 1.54) is 0 Å². The first-order valence-electron chi connectivity index (χ1n) is 5.77. The van der Waals surface area contributed by atoms with E-state index in [0.717, 1.165) is 5.69 Å². The Morgan fingerprint density at radius 3 is 2.18 bits per heavy atom. The van der Waals surface area contributed by atoms with Crippen molar-refractivity contribution >= 4 is 11.8 Å². The summed E-state index contributed by atoms with van der Waals surface area (Å²) in [6.07, 6.45) is -0.494. The molecule has 0 atom stereocenters. The molecule has 0 saturated carbocycles. The smallest absolute Gasteiger partial charge is 0.426 e. The van der Waals surface area contributed by atoms with Crippen LogP contribution in [0.4, 0.5) is 10.5 Å². The van der Waals surface area contributed by atoms with E-state index in [1.54, 1.807) is 0 Å². The lowest BCUT2D eigenvalue weighted by atomic mass is 10.2. The fourth-order valence-corrected chi connectivity index (χ4v) is 0.948. The van der Waals surface area contributed by atoms with Gasteiger partial charge in [0.2, 0.25) is 0 Å². The molecule has 0 radical (unpaired) electrons. The number of anilines is 1. The second-order valence-electron chi connectivity index (χ2n) is 4.12. The minimum Gasteiger partial charge on any atom is -0.443 e. The molecule has 0 heterocycles. The van der Waals surface area contributed by atoms with Gasteiger partial charge in [-0.15, -0.1) is 0 Å². The second kappa shape index (κ2) is 7.54. The predicted octanol–water partition coefficient (Wildman–Crippen LogP) is 4.06.